The highest BCUT2D eigenvalue weighted by Crippen LogP contribution is 2.31. The summed E-state index contributed by atoms with van der Waals surface area (Å²) in [7, 11) is 1.67. The molecule has 0 saturated heterocycles. The number of nitrogens with zero attached hydrogens (tertiary/aromatic N) is 2. The molecule has 1 amide bonds. The largest absolute Gasteiger partial charge is 0.396 e. The van der Waals surface area contributed by atoms with Crippen LogP contribution in [0.15, 0.2) is 6.20 Å². The highest BCUT2D eigenvalue weighted by Gasteiger charge is 2.19. The highest BCUT2D eigenvalue weighted by molar-refractivity contribution is 6.48. The van der Waals surface area contributed by atoms with Gasteiger partial charge in [0.2, 0.25) is 0 Å². The molecule has 4 nitrogen and oxygen atoms in total. The molecule has 1 heterocycles. The number of hydrogen-bond acceptors (Lipinski definition) is 3. The molecular formula is C12H15Cl3N2O2. The molecule has 0 atom stereocenters. The van der Waals surface area contributed by atoms with Gasteiger partial charge in [0.05, 0.1) is 15.1 Å². The maximum Gasteiger partial charge on any atom is 0.273 e. The Morgan fingerprint density at radius 2 is 1.95 bits per heavy atom. The minimum Gasteiger partial charge on any atom is -0.396 e. The number of aliphatic hydroxyl groups excluding tert-OH is 1. The summed E-state index contributed by atoms with van der Waals surface area (Å²) in [5, 5.41) is 9.10. The van der Waals surface area contributed by atoms with Crippen LogP contribution >= 0.6 is 34.8 Å². The predicted molar refractivity (Wildman–Crippen MR) is 77.2 cm³/mol. The van der Waals surface area contributed by atoms with Gasteiger partial charge in [0.15, 0.2) is 0 Å². The van der Waals surface area contributed by atoms with E-state index in [9.17, 15) is 4.79 Å². The van der Waals surface area contributed by atoms with Crippen molar-refractivity contribution in [2.24, 2.45) is 0 Å². The fourth-order valence-electron chi connectivity index (χ4n) is 1.51. The van der Waals surface area contributed by atoms with Crippen molar-refractivity contribution in [1.82, 2.24) is 9.88 Å². The van der Waals surface area contributed by atoms with Crippen LogP contribution in [0.5, 0.6) is 0 Å². The third-order valence-electron chi connectivity index (χ3n) is 2.62. The Hall–Kier alpha value is -0.550. The Labute approximate surface area is 127 Å². The van der Waals surface area contributed by atoms with Gasteiger partial charge >= 0.3 is 0 Å². The average Bonchev–Trinajstić information content (AvgIpc) is 2.40. The smallest absolute Gasteiger partial charge is 0.273 e. The molecule has 0 bridgehead atoms. The molecule has 0 aliphatic rings. The number of hydrogen-bond donors (Lipinski definition) is 1. The highest BCUT2D eigenvalue weighted by atomic mass is 35.5. The van der Waals surface area contributed by atoms with Crippen LogP contribution in [0, 0.1) is 0 Å². The number of rotatable bonds is 6. The third kappa shape index (κ3) is 4.49. The van der Waals surface area contributed by atoms with Gasteiger partial charge in [-0.3, -0.25) is 4.79 Å². The minimum atomic E-state index is -0.299. The molecule has 0 radical (unpaired) electrons. The molecule has 0 aliphatic carbocycles. The first-order valence-electron chi connectivity index (χ1n) is 5.84. The summed E-state index contributed by atoms with van der Waals surface area (Å²) in [4.78, 5) is 17.6. The van der Waals surface area contributed by atoms with Crippen molar-refractivity contribution in [3.8, 4) is 0 Å². The second kappa shape index (κ2) is 7.90. The van der Waals surface area contributed by atoms with Gasteiger partial charge in [0.25, 0.3) is 5.91 Å². The molecule has 0 spiro atoms. The maximum atomic E-state index is 12.1. The zero-order chi connectivity index (χ0) is 14.4. The van der Waals surface area contributed by atoms with Crippen LogP contribution in [0.2, 0.25) is 15.1 Å². The monoisotopic (exact) mass is 324 g/mol. The molecule has 7 heteroatoms. The Bertz CT molecular complexity index is 455. The van der Waals surface area contributed by atoms with Crippen molar-refractivity contribution >= 4 is 40.7 Å². The second-order valence-corrected chi connectivity index (χ2v) is 5.26. The van der Waals surface area contributed by atoms with Gasteiger partial charge in [-0.2, -0.15) is 0 Å². The topological polar surface area (TPSA) is 53.4 Å². The zero-order valence-electron chi connectivity index (χ0n) is 10.5. The van der Waals surface area contributed by atoms with E-state index in [-0.39, 0.29) is 33.3 Å². The van der Waals surface area contributed by atoms with Crippen LogP contribution in [0.25, 0.3) is 0 Å². The summed E-state index contributed by atoms with van der Waals surface area (Å²) < 4.78 is 0. The summed E-state index contributed by atoms with van der Waals surface area (Å²) in [6.07, 6.45) is 3.70. The Morgan fingerprint density at radius 3 is 2.58 bits per heavy atom. The molecule has 0 fully saturated rings. The van der Waals surface area contributed by atoms with E-state index in [1.54, 1.807) is 7.05 Å². The van der Waals surface area contributed by atoms with Crippen molar-refractivity contribution in [2.45, 2.75) is 19.3 Å². The first-order chi connectivity index (χ1) is 8.99. The maximum absolute atomic E-state index is 12.1. The summed E-state index contributed by atoms with van der Waals surface area (Å²) in [6, 6.07) is 0. The normalized spacial score (nSPS) is 10.6. The van der Waals surface area contributed by atoms with Gasteiger partial charge in [-0.15, -0.1) is 0 Å². The number of carbonyl (C=O) groups excluding carboxylic acids is 1. The van der Waals surface area contributed by atoms with Crippen molar-refractivity contribution < 1.29 is 9.90 Å². The molecule has 0 aromatic carbocycles. The second-order valence-electron chi connectivity index (χ2n) is 4.09. The molecule has 0 unspecified atom stereocenters. The van der Waals surface area contributed by atoms with E-state index in [4.69, 9.17) is 39.9 Å². The zero-order valence-corrected chi connectivity index (χ0v) is 12.8. The Kier molecular flexibility index (Phi) is 6.86. The minimum absolute atomic E-state index is 0.0707. The molecule has 1 aromatic rings. The number of halogens is 3. The lowest BCUT2D eigenvalue weighted by molar-refractivity contribution is 0.0786. The molecule has 106 valence electrons. The summed E-state index contributed by atoms with van der Waals surface area (Å²) in [5.41, 5.74) is 0.0979. The van der Waals surface area contributed by atoms with Crippen LogP contribution < -0.4 is 0 Å². The fraction of sp³-hybridized carbons (Fsp3) is 0.500. The quantitative estimate of drug-likeness (QED) is 0.817. The lowest BCUT2D eigenvalue weighted by atomic mass is 10.2. The van der Waals surface area contributed by atoms with Gasteiger partial charge in [0, 0.05) is 26.4 Å². The van der Waals surface area contributed by atoms with Crippen LogP contribution in [0.4, 0.5) is 0 Å². The Balaban J connectivity index is 2.69. The summed E-state index contributed by atoms with van der Waals surface area (Å²) in [6.45, 7) is 0.731. The first kappa shape index (κ1) is 16.5. The lowest BCUT2D eigenvalue weighted by Gasteiger charge is -2.17. The lowest BCUT2D eigenvalue weighted by Crippen LogP contribution is -2.28. The van der Waals surface area contributed by atoms with Crippen LogP contribution in [0.3, 0.4) is 0 Å². The molecule has 0 aliphatic heterocycles. The number of unbranched alkanes of at least 4 members (excludes halogenated alkanes) is 2. The average molecular weight is 326 g/mol. The van der Waals surface area contributed by atoms with E-state index >= 15 is 0 Å². The van der Waals surface area contributed by atoms with E-state index in [2.05, 4.69) is 4.98 Å². The van der Waals surface area contributed by atoms with E-state index in [0.717, 1.165) is 19.3 Å². The van der Waals surface area contributed by atoms with Gasteiger partial charge in [-0.1, -0.05) is 34.8 Å². The van der Waals surface area contributed by atoms with Gasteiger partial charge in [-0.25, -0.2) is 4.98 Å². The predicted octanol–water partition coefficient (Wildman–Crippen LogP) is 3.28. The van der Waals surface area contributed by atoms with Gasteiger partial charge < -0.3 is 10.0 Å². The molecule has 1 aromatic heterocycles. The number of aliphatic hydroxyl groups is 1. The van der Waals surface area contributed by atoms with Crippen LogP contribution in [-0.4, -0.2) is 41.1 Å². The van der Waals surface area contributed by atoms with Crippen molar-refractivity contribution in [1.29, 1.82) is 0 Å². The fourth-order valence-corrected chi connectivity index (χ4v) is 2.07. The van der Waals surface area contributed by atoms with Gasteiger partial charge in [0.1, 0.15) is 5.69 Å². The molecule has 1 N–H and O–H groups in total. The number of amides is 1. The molecule has 1 rings (SSSR count). The van der Waals surface area contributed by atoms with E-state index in [1.165, 1.54) is 11.1 Å². The number of aromatic nitrogens is 1. The number of carbonyl (C=O) groups is 1. The van der Waals surface area contributed by atoms with Crippen molar-refractivity contribution in [3.05, 3.63) is 27.0 Å². The van der Waals surface area contributed by atoms with E-state index in [0.29, 0.717) is 6.54 Å². The van der Waals surface area contributed by atoms with Crippen LogP contribution in [-0.2, 0) is 0 Å². The third-order valence-corrected chi connectivity index (χ3v) is 3.86. The van der Waals surface area contributed by atoms with Crippen molar-refractivity contribution in [2.75, 3.05) is 20.2 Å². The van der Waals surface area contributed by atoms with Gasteiger partial charge in [-0.05, 0) is 19.3 Å². The van der Waals surface area contributed by atoms with Crippen LogP contribution in [0.1, 0.15) is 29.8 Å². The standard InChI is InChI=1S/C12H15Cl3N2O2/c1-17(5-3-2-4-6-18)12(19)11-10(15)9(14)8(13)7-16-11/h7,18H,2-6H2,1H3. The summed E-state index contributed by atoms with van der Waals surface area (Å²) >= 11 is 17.6. The summed E-state index contributed by atoms with van der Waals surface area (Å²) in [5.74, 6) is -0.299. The van der Waals surface area contributed by atoms with E-state index < -0.39 is 0 Å². The van der Waals surface area contributed by atoms with Crippen molar-refractivity contribution in [3.63, 3.8) is 0 Å². The molecular weight excluding hydrogens is 311 g/mol. The Morgan fingerprint density at radius 1 is 1.26 bits per heavy atom. The SMILES string of the molecule is CN(CCCCCO)C(=O)c1ncc(Cl)c(Cl)c1Cl. The first-order valence-corrected chi connectivity index (χ1v) is 6.98. The molecule has 19 heavy (non-hydrogen) atoms. The van der Waals surface area contributed by atoms with E-state index in [1.807, 2.05) is 0 Å². The number of pyridine rings is 1. The molecule has 0 saturated carbocycles.